The van der Waals surface area contributed by atoms with Crippen LogP contribution < -0.4 is 5.32 Å². The second kappa shape index (κ2) is 10.3. The average Bonchev–Trinajstić information content (AvgIpc) is 2.75. The van der Waals surface area contributed by atoms with Crippen molar-refractivity contribution in [3.8, 4) is 11.1 Å². The molecule has 0 aliphatic carbocycles. The molecule has 3 aromatic rings. The van der Waals surface area contributed by atoms with Crippen molar-refractivity contribution in [2.75, 3.05) is 5.32 Å². The summed E-state index contributed by atoms with van der Waals surface area (Å²) >= 11 is 0. The number of ketones is 1. The van der Waals surface area contributed by atoms with E-state index in [1.165, 1.54) is 25.1 Å². The standard InChI is InChI=1S/C27H24F7NO/c1-15(2)8-25(16(3)36)19-9-18(17-4-6-20(7-5-17)26(29,30)31)10-23(11-19)35-24-13-21(27(32,33)34)12-22(28)14-24/h4-7,9-15,25,35H,8H2,1-3H3. The first-order valence-corrected chi connectivity index (χ1v) is 11.1. The SMILES string of the molecule is CC(=O)C(CC(C)C)c1cc(Nc2cc(F)cc(C(F)(F)F)c2)cc(-c2ccc(C(F)(F)F)cc2)c1. The molecule has 192 valence electrons. The van der Waals surface area contributed by atoms with E-state index in [-0.39, 0.29) is 23.1 Å². The third-order valence-electron chi connectivity index (χ3n) is 5.61. The summed E-state index contributed by atoms with van der Waals surface area (Å²) in [5.41, 5.74) is -0.506. The first-order valence-electron chi connectivity index (χ1n) is 11.1. The first-order chi connectivity index (χ1) is 16.6. The zero-order valence-corrected chi connectivity index (χ0v) is 19.7. The number of halogens is 7. The maximum atomic E-state index is 13.9. The Morgan fingerprint density at radius 3 is 1.89 bits per heavy atom. The molecule has 3 aromatic carbocycles. The highest BCUT2D eigenvalue weighted by atomic mass is 19.4. The predicted molar refractivity (Wildman–Crippen MR) is 124 cm³/mol. The minimum absolute atomic E-state index is 0.135. The first kappa shape index (κ1) is 27.2. The predicted octanol–water partition coefficient (Wildman–Crippen LogP) is 8.99. The van der Waals surface area contributed by atoms with E-state index in [9.17, 15) is 35.5 Å². The number of nitrogens with one attached hydrogen (secondary N) is 1. The lowest BCUT2D eigenvalue weighted by atomic mass is 9.85. The smallest absolute Gasteiger partial charge is 0.355 e. The van der Waals surface area contributed by atoms with E-state index in [1.54, 1.807) is 12.1 Å². The Hall–Kier alpha value is -3.36. The van der Waals surface area contributed by atoms with E-state index in [1.807, 2.05) is 13.8 Å². The number of hydrogen-bond donors (Lipinski definition) is 1. The van der Waals surface area contributed by atoms with Crippen LogP contribution in [-0.4, -0.2) is 5.78 Å². The summed E-state index contributed by atoms with van der Waals surface area (Å²) in [5, 5.41) is 2.76. The topological polar surface area (TPSA) is 29.1 Å². The van der Waals surface area contributed by atoms with Gasteiger partial charge < -0.3 is 5.32 Å². The molecule has 9 heteroatoms. The Morgan fingerprint density at radius 2 is 1.36 bits per heavy atom. The third kappa shape index (κ3) is 6.86. The second-order valence-electron chi connectivity index (χ2n) is 9.06. The number of hydrogen-bond acceptors (Lipinski definition) is 2. The molecular formula is C27H24F7NO. The molecule has 0 spiro atoms. The van der Waals surface area contributed by atoms with E-state index in [2.05, 4.69) is 5.32 Å². The van der Waals surface area contributed by atoms with Crippen LogP contribution in [0, 0.1) is 11.7 Å². The van der Waals surface area contributed by atoms with Gasteiger partial charge in [0.25, 0.3) is 0 Å². The van der Waals surface area contributed by atoms with E-state index in [4.69, 9.17) is 0 Å². The van der Waals surface area contributed by atoms with E-state index < -0.39 is 35.2 Å². The second-order valence-corrected chi connectivity index (χ2v) is 9.06. The molecule has 3 rings (SSSR count). The molecule has 0 aliphatic heterocycles. The van der Waals surface area contributed by atoms with Crippen LogP contribution in [0.5, 0.6) is 0 Å². The van der Waals surface area contributed by atoms with Crippen molar-refractivity contribution >= 4 is 17.2 Å². The zero-order valence-electron chi connectivity index (χ0n) is 19.7. The molecule has 0 heterocycles. The summed E-state index contributed by atoms with van der Waals surface area (Å²) in [7, 11) is 0. The van der Waals surface area contributed by atoms with Gasteiger partial charge in [0.1, 0.15) is 11.6 Å². The molecule has 0 saturated carbocycles. The van der Waals surface area contributed by atoms with Crippen LogP contribution in [0.4, 0.5) is 42.1 Å². The molecule has 0 aromatic heterocycles. The fourth-order valence-corrected chi connectivity index (χ4v) is 3.94. The number of benzene rings is 3. The van der Waals surface area contributed by atoms with Gasteiger partial charge in [0.05, 0.1) is 11.1 Å². The molecule has 36 heavy (non-hydrogen) atoms. The maximum Gasteiger partial charge on any atom is 0.416 e. The van der Waals surface area contributed by atoms with Crippen molar-refractivity contribution < 1.29 is 35.5 Å². The molecule has 0 aliphatic rings. The van der Waals surface area contributed by atoms with Crippen LogP contribution in [0.1, 0.15) is 49.8 Å². The quantitative estimate of drug-likeness (QED) is 0.321. The van der Waals surface area contributed by atoms with Crippen LogP contribution in [0.3, 0.4) is 0 Å². The van der Waals surface area contributed by atoms with Gasteiger partial charge in [-0.1, -0.05) is 32.0 Å². The summed E-state index contributed by atoms with van der Waals surface area (Å²) < 4.78 is 92.4. The van der Waals surface area contributed by atoms with Gasteiger partial charge in [-0.05, 0) is 78.4 Å². The van der Waals surface area contributed by atoms with Gasteiger partial charge in [0, 0.05) is 17.3 Å². The fraction of sp³-hybridized carbons (Fsp3) is 0.296. The van der Waals surface area contributed by atoms with Gasteiger partial charge in [-0.2, -0.15) is 26.3 Å². The van der Waals surface area contributed by atoms with Crippen LogP contribution in [-0.2, 0) is 17.1 Å². The number of carbonyl (C=O) groups is 1. The van der Waals surface area contributed by atoms with Crippen LogP contribution in [0.25, 0.3) is 11.1 Å². The van der Waals surface area contributed by atoms with Gasteiger partial charge in [-0.3, -0.25) is 4.79 Å². The maximum absolute atomic E-state index is 13.9. The summed E-state index contributed by atoms with van der Waals surface area (Å²) in [5.74, 6) is -1.63. The zero-order chi connectivity index (χ0) is 26.8. The molecule has 0 bridgehead atoms. The Morgan fingerprint density at radius 1 is 0.778 bits per heavy atom. The van der Waals surface area contributed by atoms with Crippen molar-refractivity contribution in [3.63, 3.8) is 0 Å². The molecule has 1 N–H and O–H groups in total. The van der Waals surface area contributed by atoms with E-state index in [0.717, 1.165) is 24.3 Å². The summed E-state index contributed by atoms with van der Waals surface area (Å²) in [4.78, 5) is 12.4. The summed E-state index contributed by atoms with van der Waals surface area (Å²) in [6, 6.07) is 11.2. The number of alkyl halides is 6. The summed E-state index contributed by atoms with van der Waals surface area (Å²) in [6.07, 6.45) is -8.79. The monoisotopic (exact) mass is 511 g/mol. The number of carbonyl (C=O) groups excluding carboxylic acids is 1. The normalized spacial score (nSPS) is 13.1. The van der Waals surface area contributed by atoms with Crippen molar-refractivity contribution in [2.24, 2.45) is 5.92 Å². The molecule has 2 nitrogen and oxygen atoms in total. The van der Waals surface area contributed by atoms with Crippen molar-refractivity contribution in [1.82, 2.24) is 0 Å². The molecule has 1 unspecified atom stereocenters. The van der Waals surface area contributed by atoms with E-state index >= 15 is 0 Å². The molecular weight excluding hydrogens is 487 g/mol. The van der Waals surface area contributed by atoms with Crippen LogP contribution in [0.2, 0.25) is 0 Å². The van der Waals surface area contributed by atoms with Gasteiger partial charge in [0.15, 0.2) is 0 Å². The van der Waals surface area contributed by atoms with Crippen molar-refractivity contribution in [2.45, 2.75) is 45.5 Å². The molecule has 0 amide bonds. The van der Waals surface area contributed by atoms with Crippen molar-refractivity contribution in [3.05, 3.63) is 83.2 Å². The minimum atomic E-state index is -4.76. The average molecular weight is 511 g/mol. The Labute approximate surface area is 204 Å². The minimum Gasteiger partial charge on any atom is -0.355 e. The largest absolute Gasteiger partial charge is 0.416 e. The molecule has 1 atom stereocenters. The van der Waals surface area contributed by atoms with Gasteiger partial charge in [0.2, 0.25) is 0 Å². The number of anilines is 2. The molecule has 0 fully saturated rings. The van der Waals surface area contributed by atoms with Crippen LogP contribution >= 0.6 is 0 Å². The lowest BCUT2D eigenvalue weighted by Gasteiger charge is -2.20. The lowest BCUT2D eigenvalue weighted by Crippen LogP contribution is -2.12. The Bertz CT molecular complexity index is 1230. The molecule has 0 radical (unpaired) electrons. The van der Waals surface area contributed by atoms with Gasteiger partial charge in [-0.15, -0.1) is 0 Å². The Kier molecular flexibility index (Phi) is 7.81. The van der Waals surface area contributed by atoms with Crippen LogP contribution in [0.15, 0.2) is 60.7 Å². The lowest BCUT2D eigenvalue weighted by molar-refractivity contribution is -0.138. The highest BCUT2D eigenvalue weighted by Gasteiger charge is 2.32. The Balaban J connectivity index is 2.11. The number of Topliss-reactive ketones (excluding diaryl/α,β-unsaturated/α-hetero) is 1. The highest BCUT2D eigenvalue weighted by molar-refractivity contribution is 5.85. The molecule has 0 saturated heterocycles. The van der Waals surface area contributed by atoms with Gasteiger partial charge in [-0.25, -0.2) is 4.39 Å². The third-order valence-corrected chi connectivity index (χ3v) is 5.61. The van der Waals surface area contributed by atoms with Crippen molar-refractivity contribution in [1.29, 1.82) is 0 Å². The van der Waals surface area contributed by atoms with Gasteiger partial charge >= 0.3 is 12.4 Å². The fourth-order valence-electron chi connectivity index (χ4n) is 3.94. The van der Waals surface area contributed by atoms with E-state index in [0.29, 0.717) is 29.2 Å². The highest BCUT2D eigenvalue weighted by Crippen LogP contribution is 2.37. The summed E-state index contributed by atoms with van der Waals surface area (Å²) in [6.45, 7) is 5.29. The number of rotatable bonds is 7.